The topological polar surface area (TPSA) is 20.2 Å². The first kappa shape index (κ1) is 9.79. The third kappa shape index (κ3) is 2.34. The van der Waals surface area contributed by atoms with Gasteiger partial charge in [0.15, 0.2) is 0 Å². The van der Waals surface area contributed by atoms with Crippen molar-refractivity contribution in [3.63, 3.8) is 0 Å². The van der Waals surface area contributed by atoms with Crippen LogP contribution in [0.1, 0.15) is 45.4 Å². The largest absolute Gasteiger partial charge is 0.390 e. The van der Waals surface area contributed by atoms with Crippen molar-refractivity contribution in [3.05, 3.63) is 12.7 Å². The molecule has 0 spiro atoms. The lowest BCUT2D eigenvalue weighted by Crippen LogP contribution is -2.33. The van der Waals surface area contributed by atoms with Crippen LogP contribution in [0.15, 0.2) is 12.7 Å². The highest BCUT2D eigenvalue weighted by Crippen LogP contribution is 2.35. The second-order valence-electron chi connectivity index (χ2n) is 4.07. The van der Waals surface area contributed by atoms with Gasteiger partial charge in [0.25, 0.3) is 0 Å². The fourth-order valence-electron chi connectivity index (χ4n) is 2.10. The van der Waals surface area contributed by atoms with E-state index in [2.05, 4.69) is 13.5 Å². The molecule has 0 saturated heterocycles. The van der Waals surface area contributed by atoms with Crippen LogP contribution in [0.25, 0.3) is 0 Å². The van der Waals surface area contributed by atoms with E-state index in [9.17, 15) is 5.11 Å². The molecule has 0 atom stereocenters. The Labute approximate surface area is 75.5 Å². The maximum absolute atomic E-state index is 10.0. The molecule has 1 nitrogen and oxygen atoms in total. The minimum Gasteiger partial charge on any atom is -0.390 e. The van der Waals surface area contributed by atoms with Gasteiger partial charge >= 0.3 is 0 Å². The van der Waals surface area contributed by atoms with Gasteiger partial charge in [0, 0.05) is 0 Å². The highest BCUT2D eigenvalue weighted by Gasteiger charge is 2.30. The first-order valence-corrected chi connectivity index (χ1v) is 5.03. The molecule has 70 valence electrons. The third-order valence-electron chi connectivity index (χ3n) is 3.14. The van der Waals surface area contributed by atoms with Crippen LogP contribution in [0.5, 0.6) is 0 Å². The Bertz CT molecular complexity index is 143. The predicted molar refractivity (Wildman–Crippen MR) is 52.0 cm³/mol. The molecule has 1 aliphatic rings. The van der Waals surface area contributed by atoms with Crippen molar-refractivity contribution >= 4 is 0 Å². The number of hydrogen-bond acceptors (Lipinski definition) is 1. The summed E-state index contributed by atoms with van der Waals surface area (Å²) >= 11 is 0. The molecule has 1 N–H and O–H groups in total. The van der Waals surface area contributed by atoms with Crippen molar-refractivity contribution in [2.24, 2.45) is 5.92 Å². The van der Waals surface area contributed by atoms with Gasteiger partial charge in [0.05, 0.1) is 5.60 Å². The summed E-state index contributed by atoms with van der Waals surface area (Å²) in [6.45, 7) is 5.92. The molecule has 0 aromatic heterocycles. The number of rotatable bonds is 3. The number of aliphatic hydroxyl groups is 1. The van der Waals surface area contributed by atoms with Crippen LogP contribution in [-0.4, -0.2) is 10.7 Å². The summed E-state index contributed by atoms with van der Waals surface area (Å²) in [5.41, 5.74) is -0.409. The minimum absolute atomic E-state index is 0.409. The molecule has 0 unspecified atom stereocenters. The monoisotopic (exact) mass is 168 g/mol. The quantitative estimate of drug-likeness (QED) is 0.642. The van der Waals surface area contributed by atoms with E-state index in [-0.39, 0.29) is 0 Å². The van der Waals surface area contributed by atoms with Gasteiger partial charge in [-0.3, -0.25) is 0 Å². The molecule has 1 fully saturated rings. The Kier molecular flexibility index (Phi) is 3.33. The van der Waals surface area contributed by atoms with Crippen LogP contribution in [0.2, 0.25) is 0 Å². The van der Waals surface area contributed by atoms with Crippen LogP contribution in [-0.2, 0) is 0 Å². The molecule has 0 amide bonds. The average molecular weight is 168 g/mol. The number of hydrogen-bond donors (Lipinski definition) is 1. The van der Waals surface area contributed by atoms with Crippen molar-refractivity contribution in [3.8, 4) is 0 Å². The van der Waals surface area contributed by atoms with Crippen LogP contribution >= 0.6 is 0 Å². The van der Waals surface area contributed by atoms with Gasteiger partial charge in [-0.25, -0.2) is 0 Å². The van der Waals surface area contributed by atoms with Crippen LogP contribution in [0, 0.1) is 5.92 Å². The zero-order chi connectivity index (χ0) is 9.03. The van der Waals surface area contributed by atoms with Gasteiger partial charge < -0.3 is 5.11 Å². The van der Waals surface area contributed by atoms with E-state index < -0.39 is 5.60 Å². The molecule has 0 radical (unpaired) electrons. The summed E-state index contributed by atoms with van der Waals surface area (Å²) in [6.07, 6.45) is 8.20. The Hall–Kier alpha value is -0.300. The Morgan fingerprint density at radius 3 is 2.50 bits per heavy atom. The molecular weight excluding hydrogens is 148 g/mol. The van der Waals surface area contributed by atoms with Gasteiger partial charge in [-0.05, 0) is 38.0 Å². The van der Waals surface area contributed by atoms with Gasteiger partial charge in [-0.2, -0.15) is 0 Å². The zero-order valence-corrected chi connectivity index (χ0v) is 8.05. The standard InChI is InChI=1S/C11H20O/c1-3-7-11(12)8-5-10(4-2)6-9-11/h3,10,12H,1,4-9H2,2H3. The minimum atomic E-state index is -0.409. The predicted octanol–water partition coefficient (Wildman–Crippen LogP) is 2.89. The summed E-state index contributed by atoms with van der Waals surface area (Å²) in [4.78, 5) is 0. The van der Waals surface area contributed by atoms with Crippen LogP contribution in [0.4, 0.5) is 0 Å². The van der Waals surface area contributed by atoms with E-state index in [1.807, 2.05) is 6.08 Å². The Morgan fingerprint density at radius 1 is 1.50 bits per heavy atom. The van der Waals surface area contributed by atoms with Crippen LogP contribution < -0.4 is 0 Å². The van der Waals surface area contributed by atoms with Gasteiger partial charge in [0.2, 0.25) is 0 Å². The zero-order valence-electron chi connectivity index (χ0n) is 8.05. The van der Waals surface area contributed by atoms with E-state index in [4.69, 9.17) is 0 Å². The van der Waals surface area contributed by atoms with Crippen LogP contribution in [0.3, 0.4) is 0 Å². The lowest BCUT2D eigenvalue weighted by Gasteiger charge is -2.35. The Morgan fingerprint density at radius 2 is 2.08 bits per heavy atom. The molecule has 0 heterocycles. The van der Waals surface area contributed by atoms with Crippen molar-refractivity contribution in [1.29, 1.82) is 0 Å². The fourth-order valence-corrected chi connectivity index (χ4v) is 2.10. The molecule has 1 aliphatic carbocycles. The summed E-state index contributed by atoms with van der Waals surface area (Å²) in [5.74, 6) is 0.857. The molecule has 0 aromatic rings. The molecule has 1 rings (SSSR count). The second kappa shape index (κ2) is 4.08. The summed E-state index contributed by atoms with van der Waals surface area (Å²) < 4.78 is 0. The molecule has 1 saturated carbocycles. The maximum Gasteiger partial charge on any atom is 0.0682 e. The molecular formula is C11H20O. The fraction of sp³-hybridized carbons (Fsp3) is 0.818. The summed E-state index contributed by atoms with van der Waals surface area (Å²) in [6, 6.07) is 0. The highest BCUT2D eigenvalue weighted by molar-refractivity contribution is 4.90. The molecule has 12 heavy (non-hydrogen) atoms. The van der Waals surface area contributed by atoms with Crippen molar-refractivity contribution < 1.29 is 5.11 Å². The first-order chi connectivity index (χ1) is 5.70. The third-order valence-corrected chi connectivity index (χ3v) is 3.14. The maximum atomic E-state index is 10.0. The van der Waals surface area contributed by atoms with E-state index in [0.717, 1.165) is 25.2 Å². The lowest BCUT2D eigenvalue weighted by molar-refractivity contribution is -0.00685. The smallest absolute Gasteiger partial charge is 0.0682 e. The molecule has 0 aromatic carbocycles. The SMILES string of the molecule is C=CCC1(O)CCC(CC)CC1. The molecule has 1 heteroatoms. The van der Waals surface area contributed by atoms with Gasteiger partial charge in [-0.1, -0.05) is 19.4 Å². The van der Waals surface area contributed by atoms with E-state index in [1.54, 1.807) is 0 Å². The highest BCUT2D eigenvalue weighted by atomic mass is 16.3. The normalized spacial score (nSPS) is 36.3. The van der Waals surface area contributed by atoms with E-state index >= 15 is 0 Å². The Balaban J connectivity index is 2.38. The summed E-state index contributed by atoms with van der Waals surface area (Å²) in [5, 5.41) is 10.0. The molecule has 0 aliphatic heterocycles. The van der Waals surface area contributed by atoms with E-state index in [1.165, 1.54) is 19.3 Å². The van der Waals surface area contributed by atoms with Crippen molar-refractivity contribution in [1.82, 2.24) is 0 Å². The van der Waals surface area contributed by atoms with Crippen molar-refractivity contribution in [2.75, 3.05) is 0 Å². The lowest BCUT2D eigenvalue weighted by atomic mass is 9.76. The average Bonchev–Trinajstić information content (AvgIpc) is 2.06. The van der Waals surface area contributed by atoms with Gasteiger partial charge in [-0.15, -0.1) is 6.58 Å². The van der Waals surface area contributed by atoms with Crippen molar-refractivity contribution in [2.45, 2.75) is 51.0 Å². The summed E-state index contributed by atoms with van der Waals surface area (Å²) in [7, 11) is 0. The first-order valence-electron chi connectivity index (χ1n) is 5.03. The van der Waals surface area contributed by atoms with E-state index in [0.29, 0.717) is 0 Å². The second-order valence-corrected chi connectivity index (χ2v) is 4.07. The molecule has 0 bridgehead atoms. The van der Waals surface area contributed by atoms with Gasteiger partial charge in [0.1, 0.15) is 0 Å².